The number of esters is 1. The Bertz CT molecular complexity index is 1190. The van der Waals surface area contributed by atoms with E-state index in [-0.39, 0.29) is 30.2 Å². The van der Waals surface area contributed by atoms with E-state index >= 15 is 0 Å². The number of nitrogens with one attached hydrogen (secondary N) is 1. The van der Waals surface area contributed by atoms with Crippen LogP contribution < -0.4 is 14.8 Å². The van der Waals surface area contributed by atoms with E-state index in [1.165, 1.54) is 26.4 Å². The van der Waals surface area contributed by atoms with Crippen molar-refractivity contribution in [3.8, 4) is 22.6 Å². The van der Waals surface area contributed by atoms with Gasteiger partial charge in [-0.1, -0.05) is 41.9 Å². The Kier molecular flexibility index (Phi) is 9.27. The van der Waals surface area contributed by atoms with E-state index in [9.17, 15) is 19.1 Å². The summed E-state index contributed by atoms with van der Waals surface area (Å²) in [6, 6.07) is 13.5. The normalized spacial score (nSPS) is 11.5. The average molecular weight is 516 g/mol. The quantitative estimate of drug-likeness (QED) is 0.384. The lowest BCUT2D eigenvalue weighted by Crippen LogP contribution is -2.43. The number of aliphatic hydroxyl groups is 1. The van der Waals surface area contributed by atoms with Crippen LogP contribution in [0.1, 0.15) is 28.4 Å². The molecule has 2 N–H and O–H groups in total. The fraction of sp³-hybridized carbons (Fsp3) is 0.259. The number of methoxy groups -OCH3 is 2. The summed E-state index contributed by atoms with van der Waals surface area (Å²) in [5.74, 6) is -1.19. The van der Waals surface area contributed by atoms with Crippen LogP contribution in [-0.4, -0.2) is 43.9 Å². The maximum absolute atomic E-state index is 14.2. The number of benzene rings is 3. The Labute approximate surface area is 213 Å². The number of halogens is 2. The molecule has 7 nitrogen and oxygen atoms in total. The van der Waals surface area contributed by atoms with Crippen molar-refractivity contribution in [1.29, 1.82) is 0 Å². The van der Waals surface area contributed by atoms with Crippen molar-refractivity contribution in [1.82, 2.24) is 5.32 Å². The Morgan fingerprint density at radius 3 is 2.19 bits per heavy atom. The Morgan fingerprint density at radius 1 is 1.03 bits per heavy atom. The van der Waals surface area contributed by atoms with Gasteiger partial charge in [-0.25, -0.2) is 9.18 Å². The predicted molar refractivity (Wildman–Crippen MR) is 134 cm³/mol. The first kappa shape index (κ1) is 27.0. The fourth-order valence-electron chi connectivity index (χ4n) is 3.77. The molecule has 3 rings (SSSR count). The highest BCUT2D eigenvalue weighted by Gasteiger charge is 2.26. The summed E-state index contributed by atoms with van der Waals surface area (Å²) in [6.45, 7) is 1.61. The summed E-state index contributed by atoms with van der Waals surface area (Å²) in [5.41, 5.74) is 2.52. The van der Waals surface area contributed by atoms with Gasteiger partial charge in [0.1, 0.15) is 23.4 Å². The van der Waals surface area contributed by atoms with Gasteiger partial charge >= 0.3 is 5.97 Å². The molecular weight excluding hydrogens is 489 g/mol. The van der Waals surface area contributed by atoms with Crippen LogP contribution in [0.2, 0.25) is 5.02 Å². The number of amides is 1. The van der Waals surface area contributed by atoms with Crippen LogP contribution in [0, 0.1) is 5.82 Å². The van der Waals surface area contributed by atoms with Gasteiger partial charge in [0.2, 0.25) is 0 Å². The zero-order valence-electron chi connectivity index (χ0n) is 20.1. The lowest BCUT2D eigenvalue weighted by Gasteiger charge is -2.19. The fourth-order valence-corrected chi connectivity index (χ4v) is 4.02. The highest BCUT2D eigenvalue weighted by atomic mass is 35.5. The third-order valence-electron chi connectivity index (χ3n) is 5.50. The largest absolute Gasteiger partial charge is 0.496 e. The molecule has 1 amide bonds. The van der Waals surface area contributed by atoms with E-state index in [2.05, 4.69) is 5.32 Å². The number of ether oxygens (including phenoxy) is 3. The molecule has 36 heavy (non-hydrogen) atoms. The second kappa shape index (κ2) is 12.4. The Morgan fingerprint density at radius 2 is 1.67 bits per heavy atom. The Balaban J connectivity index is 1.88. The number of hydrogen-bond acceptors (Lipinski definition) is 6. The molecule has 0 spiro atoms. The van der Waals surface area contributed by atoms with Crippen LogP contribution in [0.5, 0.6) is 11.5 Å². The summed E-state index contributed by atoms with van der Waals surface area (Å²) in [6.07, 6.45) is 0.106. The number of hydrogen-bond donors (Lipinski definition) is 2. The molecule has 0 radical (unpaired) electrons. The maximum atomic E-state index is 14.2. The molecule has 0 aromatic heterocycles. The summed E-state index contributed by atoms with van der Waals surface area (Å²) in [5, 5.41) is 12.0. The van der Waals surface area contributed by atoms with Crippen LogP contribution in [0.3, 0.4) is 0 Å². The zero-order chi connectivity index (χ0) is 26.2. The molecule has 3 aromatic rings. The average Bonchev–Trinajstić information content (AvgIpc) is 2.88. The van der Waals surface area contributed by atoms with Crippen LogP contribution in [-0.2, 0) is 22.6 Å². The zero-order valence-corrected chi connectivity index (χ0v) is 20.9. The van der Waals surface area contributed by atoms with Crippen LogP contribution in [0.15, 0.2) is 54.6 Å². The minimum absolute atomic E-state index is 0.0606. The molecule has 0 aliphatic carbocycles. The predicted octanol–water partition coefficient (Wildman–Crippen LogP) is 4.56. The van der Waals surface area contributed by atoms with Gasteiger partial charge in [0.25, 0.3) is 5.91 Å². The van der Waals surface area contributed by atoms with Gasteiger partial charge in [0.15, 0.2) is 0 Å². The van der Waals surface area contributed by atoms with Gasteiger partial charge in [-0.3, -0.25) is 4.79 Å². The first-order chi connectivity index (χ1) is 17.3. The van der Waals surface area contributed by atoms with Gasteiger partial charge < -0.3 is 24.6 Å². The molecule has 3 aromatic carbocycles. The molecule has 0 heterocycles. The second-order valence-corrected chi connectivity index (χ2v) is 8.22. The monoisotopic (exact) mass is 515 g/mol. The minimum Gasteiger partial charge on any atom is -0.496 e. The lowest BCUT2D eigenvalue weighted by molar-refractivity contribution is -0.145. The molecule has 0 aliphatic heterocycles. The summed E-state index contributed by atoms with van der Waals surface area (Å²) >= 11 is 6.00. The van der Waals surface area contributed by atoms with E-state index in [1.54, 1.807) is 31.2 Å². The SMILES string of the molecule is CCOC(=O)C(Cc1ccc(-c2c(OC)cc(CO)cc2OC)cc1)NC(=O)c1c(F)cccc1Cl. The van der Waals surface area contributed by atoms with E-state index in [0.717, 1.165) is 17.2 Å². The third-order valence-corrected chi connectivity index (χ3v) is 5.81. The molecule has 1 atom stereocenters. The van der Waals surface area contributed by atoms with Crippen molar-refractivity contribution in [2.75, 3.05) is 20.8 Å². The number of carbonyl (C=O) groups excluding carboxylic acids is 2. The van der Waals surface area contributed by atoms with Gasteiger partial charge in [0.05, 0.1) is 43.6 Å². The van der Waals surface area contributed by atoms with Gasteiger partial charge in [-0.05, 0) is 47.9 Å². The van der Waals surface area contributed by atoms with Crippen molar-refractivity contribution in [3.63, 3.8) is 0 Å². The third kappa shape index (κ3) is 6.13. The van der Waals surface area contributed by atoms with Crippen LogP contribution >= 0.6 is 11.6 Å². The number of rotatable bonds is 10. The standard InChI is InChI=1S/C27H27ClFNO6/c1-4-36-27(33)21(30-26(32)25-19(28)6-5-7-20(25)29)12-16-8-10-18(11-9-16)24-22(34-2)13-17(15-31)14-23(24)35-3/h5-11,13-14,21,31H,4,12,15H2,1-3H3,(H,30,32). The van der Waals surface area contributed by atoms with E-state index in [1.807, 2.05) is 12.1 Å². The molecule has 0 bridgehead atoms. The van der Waals surface area contributed by atoms with Crippen molar-refractivity contribution in [2.45, 2.75) is 26.0 Å². The van der Waals surface area contributed by atoms with E-state index in [0.29, 0.717) is 22.6 Å². The van der Waals surface area contributed by atoms with E-state index < -0.39 is 23.7 Å². The minimum atomic E-state index is -1.06. The molecule has 0 saturated carbocycles. The van der Waals surface area contributed by atoms with Crippen molar-refractivity contribution in [2.24, 2.45) is 0 Å². The van der Waals surface area contributed by atoms with Crippen LogP contribution in [0.25, 0.3) is 11.1 Å². The molecule has 0 saturated heterocycles. The summed E-state index contributed by atoms with van der Waals surface area (Å²) in [4.78, 5) is 25.3. The van der Waals surface area contributed by atoms with Crippen molar-refractivity contribution < 1.29 is 33.3 Å². The van der Waals surface area contributed by atoms with Crippen molar-refractivity contribution >= 4 is 23.5 Å². The highest BCUT2D eigenvalue weighted by Crippen LogP contribution is 2.39. The summed E-state index contributed by atoms with van der Waals surface area (Å²) in [7, 11) is 3.06. The first-order valence-corrected chi connectivity index (χ1v) is 11.6. The van der Waals surface area contributed by atoms with Gasteiger partial charge in [0, 0.05) is 6.42 Å². The molecule has 0 fully saturated rings. The first-order valence-electron chi connectivity index (χ1n) is 11.2. The topological polar surface area (TPSA) is 94.1 Å². The molecule has 0 aliphatic rings. The summed E-state index contributed by atoms with van der Waals surface area (Å²) < 4.78 is 30.3. The molecule has 1 unspecified atom stereocenters. The van der Waals surface area contributed by atoms with Crippen molar-refractivity contribution in [3.05, 3.63) is 82.1 Å². The van der Waals surface area contributed by atoms with Crippen LogP contribution in [0.4, 0.5) is 4.39 Å². The Hall–Kier alpha value is -3.62. The van der Waals surface area contributed by atoms with E-state index in [4.69, 9.17) is 25.8 Å². The van der Waals surface area contributed by atoms with Gasteiger partial charge in [-0.15, -0.1) is 0 Å². The smallest absolute Gasteiger partial charge is 0.328 e. The highest BCUT2D eigenvalue weighted by molar-refractivity contribution is 6.33. The number of carbonyl (C=O) groups is 2. The maximum Gasteiger partial charge on any atom is 0.328 e. The lowest BCUT2D eigenvalue weighted by atomic mass is 9.98. The second-order valence-electron chi connectivity index (χ2n) is 7.81. The van der Waals surface area contributed by atoms with Gasteiger partial charge in [-0.2, -0.15) is 0 Å². The molecule has 190 valence electrons. The molecular formula is C27H27ClFNO6. The number of aliphatic hydroxyl groups excluding tert-OH is 1. The molecule has 9 heteroatoms.